The Labute approximate surface area is 209 Å². The molecule has 0 saturated heterocycles. The van der Waals surface area contributed by atoms with Gasteiger partial charge in [-0.3, -0.25) is 19.2 Å². The van der Waals surface area contributed by atoms with Crippen LogP contribution in [-0.4, -0.2) is 30.2 Å². The Balaban J connectivity index is 1.46. The summed E-state index contributed by atoms with van der Waals surface area (Å²) in [6.07, 6.45) is 0.425. The molecule has 8 heteroatoms. The fourth-order valence-corrected chi connectivity index (χ4v) is 3.90. The van der Waals surface area contributed by atoms with Gasteiger partial charge >= 0.3 is 0 Å². The Bertz CT molecular complexity index is 1310. The van der Waals surface area contributed by atoms with Crippen LogP contribution in [0.3, 0.4) is 0 Å². The van der Waals surface area contributed by atoms with Crippen molar-refractivity contribution in [3.63, 3.8) is 0 Å². The predicted molar refractivity (Wildman–Crippen MR) is 138 cm³/mol. The SMILES string of the molecule is CCOc1ccc(N2C(=O)c3ccc(C(=O)Nc4ccc(NC(=O)CC(C)C)cc4)cc3C2=O)cc1. The summed E-state index contributed by atoms with van der Waals surface area (Å²) in [4.78, 5) is 51.8. The quantitative estimate of drug-likeness (QED) is 0.431. The molecule has 184 valence electrons. The number of carbonyl (C=O) groups is 4. The summed E-state index contributed by atoms with van der Waals surface area (Å²) in [6, 6.07) is 17.9. The number of nitrogens with one attached hydrogen (secondary N) is 2. The van der Waals surface area contributed by atoms with E-state index in [1.165, 1.54) is 18.2 Å². The summed E-state index contributed by atoms with van der Waals surface area (Å²) in [6.45, 7) is 6.32. The first-order valence-corrected chi connectivity index (χ1v) is 11.7. The monoisotopic (exact) mass is 485 g/mol. The molecule has 4 amide bonds. The van der Waals surface area contributed by atoms with Gasteiger partial charge in [-0.25, -0.2) is 4.90 Å². The third kappa shape index (κ3) is 5.27. The van der Waals surface area contributed by atoms with Crippen molar-refractivity contribution in [2.24, 2.45) is 5.92 Å². The molecule has 0 radical (unpaired) electrons. The lowest BCUT2D eigenvalue weighted by Gasteiger charge is -2.14. The lowest BCUT2D eigenvalue weighted by atomic mass is 10.1. The van der Waals surface area contributed by atoms with Crippen LogP contribution in [0.15, 0.2) is 66.7 Å². The van der Waals surface area contributed by atoms with E-state index in [1.54, 1.807) is 48.5 Å². The first-order valence-electron chi connectivity index (χ1n) is 11.7. The molecule has 0 fully saturated rings. The molecule has 1 aliphatic heterocycles. The van der Waals surface area contributed by atoms with Gasteiger partial charge in [-0.05, 0) is 79.6 Å². The van der Waals surface area contributed by atoms with Gasteiger partial charge in [-0.15, -0.1) is 0 Å². The summed E-state index contributed by atoms with van der Waals surface area (Å²) in [5.41, 5.74) is 2.25. The minimum atomic E-state index is -0.490. The van der Waals surface area contributed by atoms with Gasteiger partial charge in [0.1, 0.15) is 5.75 Å². The van der Waals surface area contributed by atoms with E-state index in [2.05, 4.69) is 10.6 Å². The summed E-state index contributed by atoms with van der Waals surface area (Å²) < 4.78 is 5.42. The van der Waals surface area contributed by atoms with Crippen molar-refractivity contribution in [2.45, 2.75) is 27.2 Å². The van der Waals surface area contributed by atoms with Crippen molar-refractivity contribution in [2.75, 3.05) is 22.1 Å². The molecule has 0 aliphatic carbocycles. The molecular formula is C28H27N3O5. The van der Waals surface area contributed by atoms with Gasteiger partial charge in [-0.1, -0.05) is 13.8 Å². The number of hydrogen-bond donors (Lipinski definition) is 2. The van der Waals surface area contributed by atoms with Gasteiger partial charge in [0.25, 0.3) is 17.7 Å². The van der Waals surface area contributed by atoms with Crippen LogP contribution in [0.2, 0.25) is 0 Å². The third-order valence-corrected chi connectivity index (χ3v) is 5.57. The molecule has 0 atom stereocenters. The Hall–Kier alpha value is -4.46. The van der Waals surface area contributed by atoms with Gasteiger partial charge in [0.05, 0.1) is 23.4 Å². The zero-order valence-corrected chi connectivity index (χ0v) is 20.3. The summed E-state index contributed by atoms with van der Waals surface area (Å²) in [5.74, 6) is -0.530. The van der Waals surface area contributed by atoms with Gasteiger partial charge < -0.3 is 15.4 Å². The average Bonchev–Trinajstić information content (AvgIpc) is 3.10. The molecule has 8 nitrogen and oxygen atoms in total. The number of nitrogens with zero attached hydrogens (tertiary/aromatic N) is 1. The number of fused-ring (bicyclic) bond motifs is 1. The van der Waals surface area contributed by atoms with Crippen molar-refractivity contribution in [3.05, 3.63) is 83.4 Å². The summed E-state index contributed by atoms with van der Waals surface area (Å²) in [5, 5.41) is 5.59. The van der Waals surface area contributed by atoms with Gasteiger partial charge in [-0.2, -0.15) is 0 Å². The highest BCUT2D eigenvalue weighted by Crippen LogP contribution is 2.30. The number of imide groups is 1. The van der Waals surface area contributed by atoms with Gasteiger partial charge in [0.2, 0.25) is 5.91 Å². The number of ether oxygens (including phenoxy) is 1. The van der Waals surface area contributed by atoms with Gasteiger partial charge in [0, 0.05) is 23.4 Å². The van der Waals surface area contributed by atoms with E-state index in [4.69, 9.17) is 4.74 Å². The number of carbonyl (C=O) groups excluding carboxylic acids is 4. The van der Waals surface area contributed by atoms with E-state index in [-0.39, 0.29) is 28.5 Å². The minimum Gasteiger partial charge on any atom is -0.494 e. The fourth-order valence-electron chi connectivity index (χ4n) is 3.90. The molecule has 36 heavy (non-hydrogen) atoms. The Morgan fingerprint density at radius 2 is 1.44 bits per heavy atom. The van der Waals surface area contributed by atoms with Crippen LogP contribution in [0.1, 0.15) is 58.3 Å². The molecule has 0 bridgehead atoms. The molecule has 0 saturated carbocycles. The fraction of sp³-hybridized carbons (Fsp3) is 0.214. The maximum absolute atomic E-state index is 13.1. The molecule has 2 N–H and O–H groups in total. The standard InChI is InChI=1S/C28H27N3O5/c1-4-36-22-12-10-21(11-13-22)31-27(34)23-14-5-18(16-24(23)28(31)35)26(33)30-20-8-6-19(7-9-20)29-25(32)15-17(2)3/h5-14,16-17H,4,15H2,1-3H3,(H,29,32)(H,30,33). The number of anilines is 3. The maximum atomic E-state index is 13.1. The van der Waals surface area contributed by atoms with E-state index in [0.29, 0.717) is 35.8 Å². The smallest absolute Gasteiger partial charge is 0.266 e. The van der Waals surface area contributed by atoms with Crippen LogP contribution in [0.25, 0.3) is 0 Å². The zero-order valence-electron chi connectivity index (χ0n) is 20.3. The Morgan fingerprint density at radius 3 is 2.06 bits per heavy atom. The second kappa shape index (κ2) is 10.4. The molecular weight excluding hydrogens is 458 g/mol. The van der Waals surface area contributed by atoms with Crippen LogP contribution < -0.4 is 20.3 Å². The van der Waals surface area contributed by atoms with Crippen LogP contribution in [0.4, 0.5) is 17.1 Å². The predicted octanol–water partition coefficient (Wildman–Crippen LogP) is 5.12. The molecule has 1 aliphatic rings. The molecule has 0 aromatic heterocycles. The minimum absolute atomic E-state index is 0.0709. The number of benzene rings is 3. The second-order valence-corrected chi connectivity index (χ2v) is 8.81. The first-order chi connectivity index (χ1) is 17.3. The Morgan fingerprint density at radius 1 is 0.833 bits per heavy atom. The van der Waals surface area contributed by atoms with Crippen molar-refractivity contribution in [1.29, 1.82) is 0 Å². The van der Waals surface area contributed by atoms with E-state index in [0.717, 1.165) is 4.90 Å². The van der Waals surface area contributed by atoms with Crippen LogP contribution in [0, 0.1) is 5.92 Å². The lowest BCUT2D eigenvalue weighted by Crippen LogP contribution is -2.29. The molecule has 0 unspecified atom stereocenters. The van der Waals surface area contributed by atoms with Crippen LogP contribution in [-0.2, 0) is 4.79 Å². The summed E-state index contributed by atoms with van der Waals surface area (Å²) >= 11 is 0. The molecule has 1 heterocycles. The third-order valence-electron chi connectivity index (χ3n) is 5.57. The highest BCUT2D eigenvalue weighted by Gasteiger charge is 2.37. The molecule has 3 aromatic rings. The van der Waals surface area contributed by atoms with Crippen molar-refractivity contribution in [3.8, 4) is 5.75 Å². The number of hydrogen-bond acceptors (Lipinski definition) is 5. The highest BCUT2D eigenvalue weighted by atomic mass is 16.5. The second-order valence-electron chi connectivity index (χ2n) is 8.81. The number of amides is 4. The lowest BCUT2D eigenvalue weighted by molar-refractivity contribution is -0.116. The summed E-state index contributed by atoms with van der Waals surface area (Å²) in [7, 11) is 0. The van der Waals surface area contributed by atoms with Crippen molar-refractivity contribution in [1.82, 2.24) is 0 Å². The van der Waals surface area contributed by atoms with Crippen molar-refractivity contribution < 1.29 is 23.9 Å². The van der Waals surface area contributed by atoms with Crippen LogP contribution >= 0.6 is 0 Å². The van der Waals surface area contributed by atoms with E-state index >= 15 is 0 Å². The van der Waals surface area contributed by atoms with E-state index < -0.39 is 17.7 Å². The van der Waals surface area contributed by atoms with Gasteiger partial charge in [0.15, 0.2) is 0 Å². The molecule has 3 aromatic carbocycles. The van der Waals surface area contributed by atoms with Crippen molar-refractivity contribution >= 4 is 40.7 Å². The highest BCUT2D eigenvalue weighted by molar-refractivity contribution is 6.34. The largest absolute Gasteiger partial charge is 0.494 e. The van der Waals surface area contributed by atoms with E-state index in [9.17, 15) is 19.2 Å². The normalized spacial score (nSPS) is 12.5. The average molecular weight is 486 g/mol. The molecule has 4 rings (SSSR count). The maximum Gasteiger partial charge on any atom is 0.266 e. The Kier molecular flexibility index (Phi) is 7.15. The van der Waals surface area contributed by atoms with E-state index in [1.807, 2.05) is 20.8 Å². The number of rotatable bonds is 8. The zero-order chi connectivity index (χ0) is 25.8. The first kappa shape index (κ1) is 24.7. The van der Waals surface area contributed by atoms with Crippen LogP contribution in [0.5, 0.6) is 5.75 Å². The topological polar surface area (TPSA) is 105 Å². The molecule has 0 spiro atoms.